The standard InChI is InChI=1S/C13H16O3/c1-2-12(14)8-11(9-13(15)16)10-6-4-3-5-7-10/h3-7,11H,2,8-9H2,1H3,(H,15,16). The van der Waals surface area contributed by atoms with Gasteiger partial charge < -0.3 is 5.11 Å². The Morgan fingerprint density at radius 3 is 2.31 bits per heavy atom. The van der Waals surface area contributed by atoms with E-state index in [9.17, 15) is 9.59 Å². The second-order valence-corrected chi connectivity index (χ2v) is 3.80. The third-order valence-corrected chi connectivity index (χ3v) is 2.56. The third-order valence-electron chi connectivity index (χ3n) is 2.56. The van der Waals surface area contributed by atoms with Crippen LogP contribution in [0, 0.1) is 0 Å². The summed E-state index contributed by atoms with van der Waals surface area (Å²) in [4.78, 5) is 22.1. The van der Waals surface area contributed by atoms with E-state index in [4.69, 9.17) is 5.11 Å². The minimum absolute atomic E-state index is 0.00968. The van der Waals surface area contributed by atoms with Crippen molar-refractivity contribution in [2.45, 2.75) is 32.1 Å². The summed E-state index contributed by atoms with van der Waals surface area (Å²) < 4.78 is 0. The van der Waals surface area contributed by atoms with E-state index in [1.165, 1.54) is 0 Å². The van der Waals surface area contributed by atoms with Crippen molar-refractivity contribution in [1.29, 1.82) is 0 Å². The second kappa shape index (κ2) is 6.05. The van der Waals surface area contributed by atoms with Gasteiger partial charge in [-0.05, 0) is 5.56 Å². The molecule has 0 saturated heterocycles. The van der Waals surface area contributed by atoms with Gasteiger partial charge in [0.2, 0.25) is 0 Å². The molecule has 3 heteroatoms. The van der Waals surface area contributed by atoms with Gasteiger partial charge in [-0.15, -0.1) is 0 Å². The van der Waals surface area contributed by atoms with Crippen molar-refractivity contribution in [1.82, 2.24) is 0 Å². The largest absolute Gasteiger partial charge is 0.481 e. The number of carboxylic acids is 1. The summed E-state index contributed by atoms with van der Waals surface area (Å²) >= 11 is 0. The van der Waals surface area contributed by atoms with E-state index >= 15 is 0 Å². The lowest BCUT2D eigenvalue weighted by Gasteiger charge is -2.13. The minimum atomic E-state index is -0.863. The maximum Gasteiger partial charge on any atom is 0.303 e. The molecule has 1 aromatic carbocycles. The van der Waals surface area contributed by atoms with Gasteiger partial charge in [-0.2, -0.15) is 0 Å². The monoisotopic (exact) mass is 220 g/mol. The zero-order chi connectivity index (χ0) is 12.0. The third kappa shape index (κ3) is 3.85. The molecule has 3 nitrogen and oxygen atoms in total. The number of carbonyl (C=O) groups excluding carboxylic acids is 1. The second-order valence-electron chi connectivity index (χ2n) is 3.80. The molecule has 0 spiro atoms. The first-order valence-corrected chi connectivity index (χ1v) is 5.42. The first-order chi connectivity index (χ1) is 7.63. The number of rotatable bonds is 6. The van der Waals surface area contributed by atoms with Crippen molar-refractivity contribution in [3.8, 4) is 0 Å². The molecule has 1 N–H and O–H groups in total. The zero-order valence-electron chi connectivity index (χ0n) is 9.35. The van der Waals surface area contributed by atoms with Gasteiger partial charge >= 0.3 is 5.97 Å². The van der Waals surface area contributed by atoms with E-state index in [2.05, 4.69) is 0 Å². The fraction of sp³-hybridized carbons (Fsp3) is 0.385. The quantitative estimate of drug-likeness (QED) is 0.801. The molecule has 0 amide bonds. The highest BCUT2D eigenvalue weighted by Crippen LogP contribution is 2.24. The predicted octanol–water partition coefficient (Wildman–Crippen LogP) is 2.61. The first kappa shape index (κ1) is 12.4. The van der Waals surface area contributed by atoms with E-state index < -0.39 is 5.97 Å². The number of hydrogen-bond donors (Lipinski definition) is 1. The molecule has 1 atom stereocenters. The predicted molar refractivity (Wildman–Crippen MR) is 61.4 cm³/mol. The first-order valence-electron chi connectivity index (χ1n) is 5.42. The van der Waals surface area contributed by atoms with Gasteiger partial charge in [0.1, 0.15) is 5.78 Å². The van der Waals surface area contributed by atoms with E-state index in [0.717, 1.165) is 5.56 Å². The summed E-state index contributed by atoms with van der Waals surface area (Å²) in [5, 5.41) is 8.82. The van der Waals surface area contributed by atoms with Gasteiger partial charge in [0.15, 0.2) is 0 Å². The van der Waals surface area contributed by atoms with Gasteiger partial charge in [0, 0.05) is 18.8 Å². The zero-order valence-corrected chi connectivity index (χ0v) is 9.35. The van der Waals surface area contributed by atoms with Crippen LogP contribution in [0.25, 0.3) is 0 Å². The number of hydrogen-bond acceptors (Lipinski definition) is 2. The number of Topliss-reactive ketones (excluding diaryl/α,β-unsaturated/α-hetero) is 1. The average molecular weight is 220 g/mol. The lowest BCUT2D eigenvalue weighted by Crippen LogP contribution is -2.11. The van der Waals surface area contributed by atoms with Crippen molar-refractivity contribution in [3.05, 3.63) is 35.9 Å². The smallest absolute Gasteiger partial charge is 0.303 e. The van der Waals surface area contributed by atoms with E-state index in [1.54, 1.807) is 6.92 Å². The number of carbonyl (C=O) groups is 2. The Labute approximate surface area is 95.1 Å². The molecule has 1 aromatic rings. The van der Waals surface area contributed by atoms with Gasteiger partial charge in [-0.1, -0.05) is 37.3 Å². The Morgan fingerprint density at radius 1 is 1.19 bits per heavy atom. The topological polar surface area (TPSA) is 54.4 Å². The summed E-state index contributed by atoms with van der Waals surface area (Å²) in [6.45, 7) is 1.80. The van der Waals surface area contributed by atoms with Crippen LogP contribution in [0.2, 0.25) is 0 Å². The fourth-order valence-electron chi connectivity index (χ4n) is 1.66. The summed E-state index contributed by atoms with van der Waals surface area (Å²) in [7, 11) is 0. The number of benzene rings is 1. The number of aliphatic carboxylic acids is 1. The highest BCUT2D eigenvalue weighted by Gasteiger charge is 2.18. The van der Waals surface area contributed by atoms with E-state index in [0.29, 0.717) is 12.8 Å². The van der Waals surface area contributed by atoms with Crippen molar-refractivity contribution in [2.75, 3.05) is 0 Å². The van der Waals surface area contributed by atoms with Crippen LogP contribution in [0.5, 0.6) is 0 Å². The molecule has 0 aromatic heterocycles. The maximum absolute atomic E-state index is 11.4. The van der Waals surface area contributed by atoms with Gasteiger partial charge in [0.05, 0.1) is 6.42 Å². The van der Waals surface area contributed by atoms with Gasteiger partial charge in [-0.3, -0.25) is 9.59 Å². The van der Waals surface area contributed by atoms with Crippen LogP contribution in [0.15, 0.2) is 30.3 Å². The lowest BCUT2D eigenvalue weighted by atomic mass is 9.90. The van der Waals surface area contributed by atoms with Gasteiger partial charge in [0.25, 0.3) is 0 Å². The fourth-order valence-corrected chi connectivity index (χ4v) is 1.66. The molecule has 0 aliphatic carbocycles. The molecule has 0 bridgehead atoms. The molecule has 0 aliphatic rings. The maximum atomic E-state index is 11.4. The van der Waals surface area contributed by atoms with Crippen LogP contribution in [0.3, 0.4) is 0 Å². The molecule has 16 heavy (non-hydrogen) atoms. The Morgan fingerprint density at radius 2 is 1.81 bits per heavy atom. The molecular weight excluding hydrogens is 204 g/mol. The summed E-state index contributed by atoms with van der Waals surface area (Å²) in [6.07, 6.45) is 0.783. The van der Waals surface area contributed by atoms with Crippen LogP contribution in [0.1, 0.15) is 37.7 Å². The van der Waals surface area contributed by atoms with Crippen LogP contribution in [-0.4, -0.2) is 16.9 Å². The summed E-state index contributed by atoms with van der Waals surface area (Å²) in [6, 6.07) is 9.34. The SMILES string of the molecule is CCC(=O)CC(CC(=O)O)c1ccccc1. The lowest BCUT2D eigenvalue weighted by molar-refractivity contribution is -0.137. The van der Waals surface area contributed by atoms with Crippen LogP contribution < -0.4 is 0 Å². The van der Waals surface area contributed by atoms with Crippen molar-refractivity contribution < 1.29 is 14.7 Å². The van der Waals surface area contributed by atoms with Crippen LogP contribution >= 0.6 is 0 Å². The molecular formula is C13H16O3. The van der Waals surface area contributed by atoms with E-state index in [-0.39, 0.29) is 18.1 Å². The molecule has 0 aliphatic heterocycles. The number of ketones is 1. The average Bonchev–Trinajstić information content (AvgIpc) is 2.28. The van der Waals surface area contributed by atoms with Crippen LogP contribution in [0.4, 0.5) is 0 Å². The normalized spacial score (nSPS) is 12.1. The Hall–Kier alpha value is -1.64. The Bertz CT molecular complexity index is 357. The van der Waals surface area contributed by atoms with Gasteiger partial charge in [-0.25, -0.2) is 0 Å². The number of carboxylic acid groups (broad SMARTS) is 1. The summed E-state index contributed by atoms with van der Waals surface area (Å²) in [5.41, 5.74) is 0.923. The highest BCUT2D eigenvalue weighted by atomic mass is 16.4. The molecule has 1 unspecified atom stereocenters. The molecule has 0 saturated carbocycles. The van der Waals surface area contributed by atoms with Crippen molar-refractivity contribution in [3.63, 3.8) is 0 Å². The molecule has 0 fully saturated rings. The molecule has 0 heterocycles. The molecule has 0 radical (unpaired) electrons. The highest BCUT2D eigenvalue weighted by molar-refractivity contribution is 5.80. The van der Waals surface area contributed by atoms with Crippen molar-refractivity contribution in [2.24, 2.45) is 0 Å². The van der Waals surface area contributed by atoms with E-state index in [1.807, 2.05) is 30.3 Å². The Kier molecular flexibility index (Phi) is 4.70. The Balaban J connectivity index is 2.79. The van der Waals surface area contributed by atoms with Crippen molar-refractivity contribution >= 4 is 11.8 Å². The molecule has 1 rings (SSSR count). The molecule has 86 valence electrons. The van der Waals surface area contributed by atoms with Crippen LogP contribution in [-0.2, 0) is 9.59 Å². The minimum Gasteiger partial charge on any atom is -0.481 e. The summed E-state index contributed by atoms with van der Waals surface area (Å²) in [5.74, 6) is -0.959.